The Morgan fingerprint density at radius 1 is 1.24 bits per heavy atom. The van der Waals surface area contributed by atoms with E-state index in [1.165, 1.54) is 0 Å². The van der Waals surface area contributed by atoms with Crippen LogP contribution < -0.4 is 0 Å². The van der Waals surface area contributed by atoms with E-state index in [-0.39, 0.29) is 5.78 Å². The van der Waals surface area contributed by atoms with Crippen LogP contribution >= 0.6 is 0 Å². The molecule has 2 aromatic rings. The van der Waals surface area contributed by atoms with Crippen LogP contribution in [0.3, 0.4) is 0 Å². The molecule has 0 radical (unpaired) electrons. The fourth-order valence-electron chi connectivity index (χ4n) is 2.81. The van der Waals surface area contributed by atoms with Crippen LogP contribution in [0.4, 0.5) is 0 Å². The van der Waals surface area contributed by atoms with E-state index in [0.717, 1.165) is 24.8 Å². The number of rotatable bonds is 8. The third-order valence-electron chi connectivity index (χ3n) is 4.07. The maximum Gasteiger partial charge on any atom is 0.162 e. The van der Waals surface area contributed by atoms with Gasteiger partial charge in [-0.05, 0) is 18.8 Å². The van der Waals surface area contributed by atoms with E-state index in [9.17, 15) is 4.79 Å². The first-order valence-electron chi connectivity index (χ1n) is 7.78. The molecule has 0 aliphatic carbocycles. The molecule has 1 aromatic carbocycles. The number of ketones is 1. The smallest absolute Gasteiger partial charge is 0.162 e. The highest BCUT2D eigenvalue weighted by Crippen LogP contribution is 2.27. The summed E-state index contributed by atoms with van der Waals surface area (Å²) in [6.45, 7) is 4.43. The second kappa shape index (κ2) is 7.77. The Morgan fingerprint density at radius 2 is 2.00 bits per heavy atom. The average Bonchev–Trinajstić information content (AvgIpc) is 3.04. The minimum absolute atomic E-state index is 0.239. The van der Waals surface area contributed by atoms with Gasteiger partial charge < -0.3 is 4.57 Å². The van der Waals surface area contributed by atoms with Gasteiger partial charge in [0.25, 0.3) is 0 Å². The predicted molar refractivity (Wildman–Crippen MR) is 85.3 cm³/mol. The number of nitrogens with zero attached hydrogens (tertiary/aromatic N) is 2. The van der Waals surface area contributed by atoms with Gasteiger partial charge in [-0.1, -0.05) is 50.6 Å². The van der Waals surface area contributed by atoms with Crippen LogP contribution in [0, 0.1) is 5.92 Å². The molecule has 112 valence electrons. The molecule has 0 aliphatic rings. The summed E-state index contributed by atoms with van der Waals surface area (Å²) in [5.41, 5.74) is 0.819. The van der Waals surface area contributed by atoms with E-state index in [0.29, 0.717) is 18.4 Å². The van der Waals surface area contributed by atoms with Crippen molar-refractivity contribution in [2.75, 3.05) is 0 Å². The van der Waals surface area contributed by atoms with Gasteiger partial charge in [-0.25, -0.2) is 4.98 Å². The van der Waals surface area contributed by atoms with Gasteiger partial charge in [-0.15, -0.1) is 0 Å². The van der Waals surface area contributed by atoms with Crippen molar-refractivity contribution in [1.29, 1.82) is 0 Å². The van der Waals surface area contributed by atoms with Crippen molar-refractivity contribution in [1.82, 2.24) is 9.55 Å². The number of hydrogen-bond donors (Lipinski definition) is 0. The van der Waals surface area contributed by atoms with Crippen LogP contribution in [0.2, 0.25) is 0 Å². The van der Waals surface area contributed by atoms with Gasteiger partial charge in [-0.3, -0.25) is 4.79 Å². The standard InChI is InChI=1S/C18H24N2O/c1-3-7-17(20-13-12-19-14-20)15(2)10-11-18(21)16-8-5-4-6-9-16/h4-6,8-9,12-15,17H,3,7,10-11H2,1-2H3. The van der Waals surface area contributed by atoms with E-state index < -0.39 is 0 Å². The highest BCUT2D eigenvalue weighted by atomic mass is 16.1. The van der Waals surface area contributed by atoms with E-state index in [4.69, 9.17) is 0 Å². The highest BCUT2D eigenvalue weighted by Gasteiger charge is 2.19. The lowest BCUT2D eigenvalue weighted by molar-refractivity contribution is 0.0969. The van der Waals surface area contributed by atoms with Gasteiger partial charge in [0.15, 0.2) is 5.78 Å². The molecule has 2 unspecified atom stereocenters. The average molecular weight is 284 g/mol. The first kappa shape index (κ1) is 15.5. The molecule has 2 rings (SSSR count). The minimum atomic E-state index is 0.239. The van der Waals surface area contributed by atoms with E-state index >= 15 is 0 Å². The van der Waals surface area contributed by atoms with Gasteiger partial charge in [0.2, 0.25) is 0 Å². The van der Waals surface area contributed by atoms with E-state index in [1.807, 2.05) is 49.1 Å². The summed E-state index contributed by atoms with van der Waals surface area (Å²) in [6.07, 6.45) is 9.52. The molecular weight excluding hydrogens is 260 g/mol. The molecule has 2 atom stereocenters. The topological polar surface area (TPSA) is 34.9 Å². The van der Waals surface area contributed by atoms with Crippen molar-refractivity contribution < 1.29 is 4.79 Å². The van der Waals surface area contributed by atoms with Gasteiger partial charge >= 0.3 is 0 Å². The summed E-state index contributed by atoms with van der Waals surface area (Å²) < 4.78 is 2.18. The molecule has 0 bridgehead atoms. The zero-order valence-electron chi connectivity index (χ0n) is 12.9. The fourth-order valence-corrected chi connectivity index (χ4v) is 2.81. The number of imidazole rings is 1. The van der Waals surface area contributed by atoms with Gasteiger partial charge in [0, 0.05) is 30.4 Å². The van der Waals surface area contributed by atoms with Crippen LogP contribution in [-0.4, -0.2) is 15.3 Å². The Balaban J connectivity index is 1.93. The Labute approximate surface area is 127 Å². The largest absolute Gasteiger partial charge is 0.334 e. The zero-order chi connectivity index (χ0) is 15.1. The number of carbonyl (C=O) groups is 1. The molecule has 3 nitrogen and oxygen atoms in total. The number of benzene rings is 1. The molecule has 0 saturated carbocycles. The van der Waals surface area contributed by atoms with Crippen LogP contribution in [-0.2, 0) is 0 Å². The molecule has 0 amide bonds. The van der Waals surface area contributed by atoms with Gasteiger partial charge in [0.1, 0.15) is 0 Å². The molecule has 21 heavy (non-hydrogen) atoms. The Hall–Kier alpha value is -1.90. The zero-order valence-corrected chi connectivity index (χ0v) is 12.9. The lowest BCUT2D eigenvalue weighted by Crippen LogP contribution is -2.17. The van der Waals surface area contributed by atoms with E-state index in [2.05, 4.69) is 23.4 Å². The molecule has 0 N–H and O–H groups in total. The SMILES string of the molecule is CCCC(C(C)CCC(=O)c1ccccc1)n1ccnc1. The molecule has 0 fully saturated rings. The molecule has 0 aliphatic heterocycles. The molecular formula is C18H24N2O. The lowest BCUT2D eigenvalue weighted by atomic mass is 9.91. The summed E-state index contributed by atoms with van der Waals surface area (Å²) >= 11 is 0. The molecule has 0 saturated heterocycles. The quantitative estimate of drug-likeness (QED) is 0.668. The van der Waals surface area contributed by atoms with Gasteiger partial charge in [-0.2, -0.15) is 0 Å². The number of Topliss-reactive ketones (excluding diaryl/α,β-unsaturated/α-hetero) is 1. The number of aromatic nitrogens is 2. The maximum atomic E-state index is 12.2. The van der Waals surface area contributed by atoms with Crippen molar-refractivity contribution >= 4 is 5.78 Å². The maximum absolute atomic E-state index is 12.2. The first-order chi connectivity index (χ1) is 10.2. The van der Waals surface area contributed by atoms with Crippen molar-refractivity contribution in [3.63, 3.8) is 0 Å². The van der Waals surface area contributed by atoms with Crippen LogP contribution in [0.1, 0.15) is 55.9 Å². The normalized spacial score (nSPS) is 13.8. The third kappa shape index (κ3) is 4.28. The van der Waals surface area contributed by atoms with Crippen LogP contribution in [0.25, 0.3) is 0 Å². The molecule has 1 aromatic heterocycles. The van der Waals surface area contributed by atoms with Crippen molar-refractivity contribution in [3.05, 3.63) is 54.6 Å². The van der Waals surface area contributed by atoms with Crippen LogP contribution in [0.5, 0.6) is 0 Å². The molecule has 0 spiro atoms. The Morgan fingerprint density at radius 3 is 2.62 bits per heavy atom. The minimum Gasteiger partial charge on any atom is -0.334 e. The summed E-state index contributed by atoms with van der Waals surface area (Å²) in [7, 11) is 0. The number of hydrogen-bond acceptors (Lipinski definition) is 2. The third-order valence-corrected chi connectivity index (χ3v) is 4.07. The Kier molecular flexibility index (Phi) is 5.73. The second-order valence-corrected chi connectivity index (χ2v) is 5.67. The predicted octanol–water partition coefficient (Wildman–Crippen LogP) is 4.52. The summed E-state index contributed by atoms with van der Waals surface area (Å²) in [6, 6.07) is 10.00. The van der Waals surface area contributed by atoms with Crippen molar-refractivity contribution in [3.8, 4) is 0 Å². The highest BCUT2D eigenvalue weighted by molar-refractivity contribution is 5.95. The first-order valence-corrected chi connectivity index (χ1v) is 7.78. The molecule has 3 heteroatoms. The van der Waals surface area contributed by atoms with E-state index in [1.54, 1.807) is 0 Å². The van der Waals surface area contributed by atoms with Crippen molar-refractivity contribution in [2.45, 2.75) is 45.6 Å². The summed E-state index contributed by atoms with van der Waals surface area (Å²) in [5.74, 6) is 0.704. The molecule has 1 heterocycles. The summed E-state index contributed by atoms with van der Waals surface area (Å²) in [5, 5.41) is 0. The van der Waals surface area contributed by atoms with Crippen molar-refractivity contribution in [2.24, 2.45) is 5.92 Å². The fraction of sp³-hybridized carbons (Fsp3) is 0.444. The number of carbonyl (C=O) groups excluding carboxylic acids is 1. The second-order valence-electron chi connectivity index (χ2n) is 5.67. The monoisotopic (exact) mass is 284 g/mol. The summed E-state index contributed by atoms with van der Waals surface area (Å²) in [4.78, 5) is 16.3. The lowest BCUT2D eigenvalue weighted by Gasteiger charge is -2.24. The van der Waals surface area contributed by atoms with Gasteiger partial charge in [0.05, 0.1) is 6.33 Å². The van der Waals surface area contributed by atoms with Crippen LogP contribution in [0.15, 0.2) is 49.1 Å². The Bertz CT molecular complexity index is 534.